The van der Waals surface area contributed by atoms with Crippen LogP contribution in [0.5, 0.6) is 0 Å². The molecule has 1 aromatic heterocycles. The van der Waals surface area contributed by atoms with E-state index in [9.17, 15) is 9.18 Å². The summed E-state index contributed by atoms with van der Waals surface area (Å²) in [6.07, 6.45) is 2.34. The molecule has 0 atom stereocenters. The van der Waals surface area contributed by atoms with Gasteiger partial charge in [-0.3, -0.25) is 0 Å². The molecule has 0 spiro atoms. The van der Waals surface area contributed by atoms with Crippen molar-refractivity contribution in [2.24, 2.45) is 0 Å². The molecule has 1 fully saturated rings. The number of hydrogen-bond donors (Lipinski definition) is 1. The number of rotatable bonds is 5. The number of nitrogens with one attached hydrogen (secondary N) is 1. The second-order valence-corrected chi connectivity index (χ2v) is 7.21. The molecule has 0 radical (unpaired) electrons. The van der Waals surface area contributed by atoms with Gasteiger partial charge in [0.25, 0.3) is 0 Å². The third kappa shape index (κ3) is 4.92. The lowest BCUT2D eigenvalue weighted by Crippen LogP contribution is -2.52. The average molecular weight is 405 g/mol. The summed E-state index contributed by atoms with van der Waals surface area (Å²) < 4.78 is 13.2. The maximum Gasteiger partial charge on any atom is 0.317 e. The molecule has 4 rings (SSSR count). The second kappa shape index (κ2) is 9.35. The van der Waals surface area contributed by atoms with Crippen LogP contribution in [-0.2, 0) is 6.42 Å². The first kappa shape index (κ1) is 19.8. The van der Waals surface area contributed by atoms with Gasteiger partial charge in [0.2, 0.25) is 0 Å². The fourth-order valence-electron chi connectivity index (χ4n) is 3.51. The van der Waals surface area contributed by atoms with Crippen molar-refractivity contribution in [2.45, 2.75) is 6.42 Å². The van der Waals surface area contributed by atoms with Crippen molar-refractivity contribution in [3.63, 3.8) is 0 Å². The lowest BCUT2D eigenvalue weighted by molar-refractivity contribution is 0.194. The Morgan fingerprint density at radius 1 is 0.967 bits per heavy atom. The Kier molecular flexibility index (Phi) is 6.17. The Bertz CT molecular complexity index is 972. The summed E-state index contributed by atoms with van der Waals surface area (Å²) in [5.41, 5.74) is 2.81. The van der Waals surface area contributed by atoms with E-state index in [1.54, 1.807) is 12.1 Å². The number of nitrogens with zero attached hydrogens (tertiary/aromatic N) is 4. The molecule has 30 heavy (non-hydrogen) atoms. The molecule has 1 aliphatic rings. The van der Waals surface area contributed by atoms with Crippen LogP contribution in [0.4, 0.5) is 15.0 Å². The highest BCUT2D eigenvalue weighted by Crippen LogP contribution is 2.22. The average Bonchev–Trinajstić information content (AvgIpc) is 2.80. The number of hydrogen-bond acceptors (Lipinski definition) is 4. The molecule has 3 aromatic rings. The van der Waals surface area contributed by atoms with E-state index < -0.39 is 0 Å². The molecular formula is C23H24FN5O. The van der Waals surface area contributed by atoms with Gasteiger partial charge in [-0.25, -0.2) is 19.2 Å². The summed E-state index contributed by atoms with van der Waals surface area (Å²) in [6, 6.07) is 18.3. The summed E-state index contributed by atoms with van der Waals surface area (Å²) in [4.78, 5) is 25.1. The first-order valence-electron chi connectivity index (χ1n) is 10.1. The maximum atomic E-state index is 13.2. The molecule has 2 heterocycles. The quantitative estimate of drug-likeness (QED) is 0.707. The van der Waals surface area contributed by atoms with E-state index in [1.807, 2.05) is 29.2 Å². The van der Waals surface area contributed by atoms with E-state index in [0.717, 1.165) is 23.5 Å². The highest BCUT2D eigenvalue weighted by Gasteiger charge is 2.22. The Hall–Kier alpha value is -3.48. The fourth-order valence-corrected chi connectivity index (χ4v) is 3.51. The number of amides is 2. The molecule has 0 aliphatic carbocycles. The molecule has 1 N–H and O–H groups in total. The third-order valence-electron chi connectivity index (χ3n) is 5.22. The molecule has 7 heteroatoms. The van der Waals surface area contributed by atoms with Gasteiger partial charge >= 0.3 is 6.03 Å². The molecule has 154 valence electrons. The van der Waals surface area contributed by atoms with Crippen LogP contribution >= 0.6 is 0 Å². The van der Waals surface area contributed by atoms with Gasteiger partial charge in [0.1, 0.15) is 18.0 Å². The number of halogens is 1. The predicted octanol–water partition coefficient (Wildman–Crippen LogP) is 3.36. The number of carbonyl (C=O) groups excluding carboxylic acids is 1. The highest BCUT2D eigenvalue weighted by molar-refractivity contribution is 5.74. The smallest absolute Gasteiger partial charge is 0.317 e. The number of piperazine rings is 1. The van der Waals surface area contributed by atoms with Crippen LogP contribution in [0, 0.1) is 5.82 Å². The van der Waals surface area contributed by atoms with E-state index in [2.05, 4.69) is 32.3 Å². The van der Waals surface area contributed by atoms with Gasteiger partial charge < -0.3 is 15.1 Å². The van der Waals surface area contributed by atoms with Crippen LogP contribution in [0.25, 0.3) is 11.3 Å². The zero-order valence-electron chi connectivity index (χ0n) is 16.7. The monoisotopic (exact) mass is 405 g/mol. The molecule has 2 aromatic carbocycles. The van der Waals surface area contributed by atoms with Crippen molar-refractivity contribution in [1.82, 2.24) is 20.2 Å². The SMILES string of the molecule is O=C(NCCc1ccccc1)N1CCN(c2cc(-c3ccc(F)cc3)ncn2)CC1. The Balaban J connectivity index is 1.29. The van der Waals surface area contributed by atoms with Gasteiger partial charge in [-0.2, -0.15) is 0 Å². The zero-order chi connectivity index (χ0) is 20.8. The molecule has 0 saturated carbocycles. The summed E-state index contributed by atoms with van der Waals surface area (Å²) in [5, 5.41) is 3.00. The number of urea groups is 1. The van der Waals surface area contributed by atoms with E-state index in [-0.39, 0.29) is 11.8 Å². The minimum Gasteiger partial charge on any atom is -0.353 e. The third-order valence-corrected chi connectivity index (χ3v) is 5.22. The Morgan fingerprint density at radius 3 is 2.43 bits per heavy atom. The van der Waals surface area contributed by atoms with Crippen molar-refractivity contribution >= 4 is 11.8 Å². The molecule has 1 saturated heterocycles. The van der Waals surface area contributed by atoms with Crippen LogP contribution in [-0.4, -0.2) is 53.6 Å². The topological polar surface area (TPSA) is 61.4 Å². The molecule has 6 nitrogen and oxygen atoms in total. The normalized spacial score (nSPS) is 13.9. The lowest BCUT2D eigenvalue weighted by atomic mass is 10.1. The largest absolute Gasteiger partial charge is 0.353 e. The minimum atomic E-state index is -0.272. The molecule has 0 bridgehead atoms. The number of benzene rings is 2. The van der Waals surface area contributed by atoms with Gasteiger partial charge in [-0.1, -0.05) is 30.3 Å². The van der Waals surface area contributed by atoms with E-state index in [0.29, 0.717) is 32.7 Å². The fraction of sp³-hybridized carbons (Fsp3) is 0.261. The van der Waals surface area contributed by atoms with Crippen molar-refractivity contribution < 1.29 is 9.18 Å². The summed E-state index contributed by atoms with van der Waals surface area (Å²) in [7, 11) is 0. The Morgan fingerprint density at radius 2 is 1.70 bits per heavy atom. The second-order valence-electron chi connectivity index (χ2n) is 7.21. The van der Waals surface area contributed by atoms with Gasteiger partial charge in [0.15, 0.2) is 0 Å². The standard InChI is InChI=1S/C23H24FN5O/c24-20-8-6-19(7-9-20)21-16-22(27-17-26-21)28-12-14-29(15-13-28)23(30)25-11-10-18-4-2-1-3-5-18/h1-9,16-17H,10-15H2,(H,25,30). The van der Waals surface area contributed by atoms with Gasteiger partial charge in [0, 0.05) is 44.4 Å². The number of aromatic nitrogens is 2. The molecule has 2 amide bonds. The predicted molar refractivity (Wildman–Crippen MR) is 115 cm³/mol. The highest BCUT2D eigenvalue weighted by atomic mass is 19.1. The van der Waals surface area contributed by atoms with E-state index in [1.165, 1.54) is 24.0 Å². The lowest BCUT2D eigenvalue weighted by Gasteiger charge is -2.35. The number of carbonyl (C=O) groups is 1. The summed E-state index contributed by atoms with van der Waals surface area (Å²) in [6.45, 7) is 3.29. The first-order chi connectivity index (χ1) is 14.7. The van der Waals surface area contributed by atoms with Crippen molar-refractivity contribution in [1.29, 1.82) is 0 Å². The van der Waals surface area contributed by atoms with Crippen molar-refractivity contribution in [3.8, 4) is 11.3 Å². The van der Waals surface area contributed by atoms with Crippen LogP contribution in [0.15, 0.2) is 67.0 Å². The summed E-state index contributed by atoms with van der Waals surface area (Å²) in [5.74, 6) is 0.541. The van der Waals surface area contributed by atoms with Crippen molar-refractivity contribution in [2.75, 3.05) is 37.6 Å². The maximum absolute atomic E-state index is 13.2. The van der Waals surface area contributed by atoms with E-state index in [4.69, 9.17) is 0 Å². The van der Waals surface area contributed by atoms with Crippen LogP contribution in [0.1, 0.15) is 5.56 Å². The first-order valence-corrected chi connectivity index (χ1v) is 10.1. The van der Waals surface area contributed by atoms with Gasteiger partial charge in [-0.15, -0.1) is 0 Å². The molecule has 1 aliphatic heterocycles. The number of anilines is 1. The van der Waals surface area contributed by atoms with Crippen LogP contribution < -0.4 is 10.2 Å². The minimum absolute atomic E-state index is 0.0275. The molecular weight excluding hydrogens is 381 g/mol. The Labute approximate surface area is 175 Å². The molecule has 0 unspecified atom stereocenters. The van der Waals surface area contributed by atoms with Gasteiger partial charge in [0.05, 0.1) is 5.69 Å². The van der Waals surface area contributed by atoms with Crippen LogP contribution in [0.2, 0.25) is 0 Å². The van der Waals surface area contributed by atoms with Crippen molar-refractivity contribution in [3.05, 3.63) is 78.4 Å². The van der Waals surface area contributed by atoms with E-state index >= 15 is 0 Å². The van der Waals surface area contributed by atoms with Crippen LogP contribution in [0.3, 0.4) is 0 Å². The summed E-state index contributed by atoms with van der Waals surface area (Å²) >= 11 is 0. The zero-order valence-corrected chi connectivity index (χ0v) is 16.7. The van der Waals surface area contributed by atoms with Gasteiger partial charge in [-0.05, 0) is 36.2 Å².